The number of rotatable bonds is 5. The maximum atomic E-state index is 13.9. The molecule has 0 heterocycles. The molecule has 0 amide bonds. The molecule has 0 bridgehead atoms. The Bertz CT molecular complexity index is 683. The molecule has 0 saturated heterocycles. The predicted molar refractivity (Wildman–Crippen MR) is 69.0 cm³/mol. The summed E-state index contributed by atoms with van der Waals surface area (Å²) in [7, 11) is 0. The van der Waals surface area contributed by atoms with Crippen LogP contribution in [0.5, 0.6) is 0 Å². The van der Waals surface area contributed by atoms with Gasteiger partial charge in [-0.1, -0.05) is 6.42 Å². The Morgan fingerprint density at radius 3 is 2.23 bits per heavy atom. The van der Waals surface area contributed by atoms with Crippen LogP contribution in [0.1, 0.15) is 41.6 Å². The van der Waals surface area contributed by atoms with Gasteiger partial charge >= 0.3 is 5.69 Å². The van der Waals surface area contributed by atoms with E-state index in [2.05, 4.69) is 0 Å². The minimum Gasteiger partial charge on any atom is -0.299 e. The van der Waals surface area contributed by atoms with Gasteiger partial charge in [0.1, 0.15) is 11.3 Å². The summed E-state index contributed by atoms with van der Waals surface area (Å²) in [5.41, 5.74) is -3.62. The van der Waals surface area contributed by atoms with E-state index in [1.165, 1.54) is 0 Å². The summed E-state index contributed by atoms with van der Waals surface area (Å²) in [6.07, 6.45) is 1.21. The first-order chi connectivity index (χ1) is 10.3. The summed E-state index contributed by atoms with van der Waals surface area (Å²) >= 11 is 0. The normalized spacial score (nSPS) is 14.5. The van der Waals surface area contributed by atoms with Gasteiger partial charge in [0.2, 0.25) is 5.82 Å². The fourth-order valence-electron chi connectivity index (χ4n) is 2.31. The molecule has 5 nitrogen and oxygen atoms in total. The second-order valence-electron chi connectivity index (χ2n) is 5.24. The second-order valence-corrected chi connectivity index (χ2v) is 5.24. The molecule has 0 aliphatic heterocycles. The highest BCUT2D eigenvalue weighted by molar-refractivity contribution is 6.10. The van der Waals surface area contributed by atoms with E-state index in [4.69, 9.17) is 0 Å². The van der Waals surface area contributed by atoms with E-state index in [9.17, 15) is 32.9 Å². The minimum absolute atomic E-state index is 0.341. The number of Topliss-reactive ketones (excluding diaryl/α,β-unsaturated/α-hetero) is 2. The van der Waals surface area contributed by atoms with Crippen molar-refractivity contribution in [1.82, 2.24) is 0 Å². The molecule has 0 atom stereocenters. The number of hydrogen-bond acceptors (Lipinski definition) is 4. The van der Waals surface area contributed by atoms with Crippen LogP contribution in [0.25, 0.3) is 0 Å². The minimum atomic E-state index is -1.79. The molecule has 0 radical (unpaired) electrons. The Morgan fingerprint density at radius 1 is 1.18 bits per heavy atom. The number of halogens is 3. The largest absolute Gasteiger partial charge is 0.319 e. The molecule has 118 valence electrons. The maximum Gasteiger partial charge on any atom is 0.319 e. The van der Waals surface area contributed by atoms with Gasteiger partial charge < -0.3 is 0 Å². The second kappa shape index (κ2) is 5.86. The van der Waals surface area contributed by atoms with Crippen molar-refractivity contribution in [2.45, 2.75) is 32.6 Å². The molecule has 22 heavy (non-hydrogen) atoms. The number of benzene rings is 1. The number of nitro benzene ring substituents is 1. The van der Waals surface area contributed by atoms with E-state index >= 15 is 0 Å². The van der Waals surface area contributed by atoms with Gasteiger partial charge in [0.05, 0.1) is 11.3 Å². The number of carbonyl (C=O) groups excluding carboxylic acids is 2. The summed E-state index contributed by atoms with van der Waals surface area (Å²) in [5, 5.41) is 10.9. The lowest BCUT2D eigenvalue weighted by Gasteiger charge is -2.23. The Balaban J connectivity index is 2.46. The van der Waals surface area contributed by atoms with Crippen LogP contribution in [0.2, 0.25) is 0 Å². The van der Waals surface area contributed by atoms with E-state index in [1.54, 1.807) is 0 Å². The number of nitrogens with zero attached hydrogens (tertiary/aromatic N) is 1. The Morgan fingerprint density at radius 2 is 1.77 bits per heavy atom. The van der Waals surface area contributed by atoms with Gasteiger partial charge in [-0.15, -0.1) is 0 Å². The highest BCUT2D eigenvalue weighted by Gasteiger charge is 2.36. The monoisotopic (exact) mass is 315 g/mol. The van der Waals surface area contributed by atoms with Crippen LogP contribution in [0.3, 0.4) is 0 Å². The van der Waals surface area contributed by atoms with Crippen LogP contribution in [0, 0.1) is 40.4 Å². The molecule has 2 rings (SSSR count). The summed E-state index contributed by atoms with van der Waals surface area (Å²) in [6.45, 7) is 0.828. The van der Waals surface area contributed by atoms with Crippen molar-refractivity contribution in [3.63, 3.8) is 0 Å². The number of carbonyl (C=O) groups is 2. The quantitative estimate of drug-likeness (QED) is 0.275. The Labute approximate surface area is 123 Å². The van der Waals surface area contributed by atoms with Gasteiger partial charge in [-0.3, -0.25) is 19.7 Å². The van der Waals surface area contributed by atoms with Crippen LogP contribution in [-0.2, 0) is 4.79 Å². The molecular formula is C14H12F3NO4. The Hall–Kier alpha value is -2.25. The van der Waals surface area contributed by atoms with Gasteiger partial charge in [0.15, 0.2) is 17.4 Å². The zero-order valence-corrected chi connectivity index (χ0v) is 11.6. The van der Waals surface area contributed by atoms with E-state index in [0.29, 0.717) is 12.8 Å². The van der Waals surface area contributed by atoms with Crippen molar-refractivity contribution in [3.05, 3.63) is 38.7 Å². The van der Waals surface area contributed by atoms with Crippen molar-refractivity contribution >= 4 is 17.3 Å². The predicted octanol–water partition coefficient (Wildman–Crippen LogP) is 3.26. The number of ketones is 2. The van der Waals surface area contributed by atoms with Crippen molar-refractivity contribution < 1.29 is 27.7 Å². The van der Waals surface area contributed by atoms with Crippen molar-refractivity contribution in [3.8, 4) is 0 Å². The van der Waals surface area contributed by atoms with Gasteiger partial charge in [-0.05, 0) is 19.8 Å². The lowest BCUT2D eigenvalue weighted by Crippen LogP contribution is -2.25. The van der Waals surface area contributed by atoms with Crippen LogP contribution in [0.15, 0.2) is 0 Å². The molecule has 1 aromatic rings. The molecule has 0 aromatic heterocycles. The Kier molecular flexibility index (Phi) is 4.30. The average Bonchev–Trinajstić information content (AvgIpc) is 2.37. The topological polar surface area (TPSA) is 77.3 Å². The van der Waals surface area contributed by atoms with Gasteiger partial charge in [-0.25, -0.2) is 8.78 Å². The number of nitro groups is 1. The molecule has 0 N–H and O–H groups in total. The molecule has 0 unspecified atom stereocenters. The fraction of sp³-hybridized carbons (Fsp3) is 0.429. The van der Waals surface area contributed by atoms with Crippen LogP contribution >= 0.6 is 0 Å². The summed E-state index contributed by atoms with van der Waals surface area (Å²) < 4.78 is 41.2. The highest BCUT2D eigenvalue weighted by Crippen LogP contribution is 2.33. The first-order valence-corrected chi connectivity index (χ1v) is 6.63. The fourth-order valence-corrected chi connectivity index (χ4v) is 2.31. The van der Waals surface area contributed by atoms with Gasteiger partial charge in [-0.2, -0.15) is 4.39 Å². The van der Waals surface area contributed by atoms with Gasteiger partial charge in [0.25, 0.3) is 0 Å². The molecule has 0 spiro atoms. The zero-order valence-electron chi connectivity index (χ0n) is 11.6. The van der Waals surface area contributed by atoms with E-state index in [1.807, 2.05) is 0 Å². The SMILES string of the molecule is Cc1c(F)c(F)c(C(=O)CC(=O)C2CCC2)c([N+](=O)[O-])c1F. The summed E-state index contributed by atoms with van der Waals surface area (Å²) in [4.78, 5) is 33.3. The van der Waals surface area contributed by atoms with Crippen molar-refractivity contribution in [2.24, 2.45) is 5.92 Å². The summed E-state index contributed by atoms with van der Waals surface area (Å²) in [6, 6.07) is 0. The maximum absolute atomic E-state index is 13.9. The van der Waals surface area contributed by atoms with E-state index in [0.717, 1.165) is 13.3 Å². The standard InChI is InChI=1S/C14H12F3NO4/c1-6-11(15)13(17)10(14(12(6)16)18(21)22)9(20)5-8(19)7-3-2-4-7/h7H,2-5H2,1H3. The van der Waals surface area contributed by atoms with E-state index < -0.39 is 57.2 Å². The third-order valence-corrected chi connectivity index (χ3v) is 3.87. The average molecular weight is 315 g/mol. The van der Waals surface area contributed by atoms with E-state index in [-0.39, 0.29) is 5.92 Å². The lowest BCUT2D eigenvalue weighted by molar-refractivity contribution is -0.388. The lowest BCUT2D eigenvalue weighted by atomic mass is 9.80. The third kappa shape index (κ3) is 2.60. The highest BCUT2D eigenvalue weighted by atomic mass is 19.2. The van der Waals surface area contributed by atoms with Crippen molar-refractivity contribution in [1.29, 1.82) is 0 Å². The zero-order chi connectivity index (χ0) is 16.6. The molecule has 1 aromatic carbocycles. The number of hydrogen-bond donors (Lipinski definition) is 0. The van der Waals surface area contributed by atoms with Crippen molar-refractivity contribution in [2.75, 3.05) is 0 Å². The molecule has 8 heteroatoms. The van der Waals surface area contributed by atoms with Crippen LogP contribution in [0.4, 0.5) is 18.9 Å². The molecule has 1 fully saturated rings. The first kappa shape index (κ1) is 16.1. The van der Waals surface area contributed by atoms with Crippen LogP contribution in [-0.4, -0.2) is 16.5 Å². The molecular weight excluding hydrogens is 303 g/mol. The molecule has 1 aliphatic carbocycles. The molecule has 1 saturated carbocycles. The van der Waals surface area contributed by atoms with Crippen LogP contribution < -0.4 is 0 Å². The van der Waals surface area contributed by atoms with Gasteiger partial charge in [0, 0.05) is 11.5 Å². The first-order valence-electron chi connectivity index (χ1n) is 6.63. The summed E-state index contributed by atoms with van der Waals surface area (Å²) in [5.74, 6) is -7.18. The smallest absolute Gasteiger partial charge is 0.299 e. The third-order valence-electron chi connectivity index (χ3n) is 3.87. The molecule has 1 aliphatic rings.